The lowest BCUT2D eigenvalue weighted by atomic mass is 10.1. The summed E-state index contributed by atoms with van der Waals surface area (Å²) in [4.78, 5) is 39.2. The molecule has 0 bridgehead atoms. The number of carbonyl (C=O) groups excluding carboxylic acids is 3. The van der Waals surface area contributed by atoms with Crippen LogP contribution in [-0.2, 0) is 9.59 Å². The maximum Gasteiger partial charge on any atom is 0.269 e. The number of hydrazine groups is 1. The fourth-order valence-corrected chi connectivity index (χ4v) is 3.60. The summed E-state index contributed by atoms with van der Waals surface area (Å²) in [5, 5.41) is 3.98. The third kappa shape index (κ3) is 4.82. The van der Waals surface area contributed by atoms with E-state index in [-0.39, 0.29) is 17.4 Å². The van der Waals surface area contributed by atoms with Gasteiger partial charge in [-0.25, -0.2) is 9.40 Å². The van der Waals surface area contributed by atoms with E-state index >= 15 is 0 Å². The molecule has 1 aliphatic rings. The Morgan fingerprint density at radius 1 is 1.13 bits per heavy atom. The van der Waals surface area contributed by atoms with E-state index in [9.17, 15) is 18.8 Å². The van der Waals surface area contributed by atoms with Crippen molar-refractivity contribution in [3.05, 3.63) is 64.4 Å². The molecule has 1 aliphatic heterocycles. The van der Waals surface area contributed by atoms with Crippen LogP contribution in [0.15, 0.2) is 53.0 Å². The van der Waals surface area contributed by atoms with E-state index in [1.807, 2.05) is 0 Å². The lowest BCUT2D eigenvalue weighted by molar-refractivity contribution is -0.130. The van der Waals surface area contributed by atoms with E-state index in [0.29, 0.717) is 17.8 Å². The highest BCUT2D eigenvalue weighted by atomic mass is 79.9. The molecule has 2 N–H and O–H groups in total. The minimum atomic E-state index is -0.989. The molecular formula is C20H18BrFN4O3S. The molecule has 10 heteroatoms. The number of carbonyl (C=O) groups is 3. The van der Waals surface area contributed by atoms with Gasteiger partial charge >= 0.3 is 0 Å². The monoisotopic (exact) mass is 492 g/mol. The van der Waals surface area contributed by atoms with E-state index in [1.165, 1.54) is 34.2 Å². The standard InChI is InChI=1S/C20H18BrFN4O3S/c1-2-25-19(29)16(11-17(27)23-15-9-7-14(22)8-10-15)26(20(25)30)24-18(28)12-3-5-13(21)6-4-12/h3-10,16H,2,11H2,1H3,(H,23,27)(H,24,28). The van der Waals surface area contributed by atoms with Crippen molar-refractivity contribution in [1.82, 2.24) is 15.3 Å². The Hall–Kier alpha value is -2.85. The van der Waals surface area contributed by atoms with Gasteiger partial charge in [0.05, 0.1) is 6.42 Å². The average molecular weight is 493 g/mol. The predicted molar refractivity (Wildman–Crippen MR) is 117 cm³/mol. The molecule has 156 valence electrons. The number of nitrogens with one attached hydrogen (secondary N) is 2. The van der Waals surface area contributed by atoms with Gasteiger partial charge in [-0.2, -0.15) is 0 Å². The van der Waals surface area contributed by atoms with Gasteiger partial charge in [-0.05, 0) is 67.7 Å². The van der Waals surface area contributed by atoms with Crippen molar-refractivity contribution >= 4 is 56.7 Å². The van der Waals surface area contributed by atoms with Crippen molar-refractivity contribution in [1.29, 1.82) is 0 Å². The number of benzene rings is 2. The Kier molecular flexibility index (Phi) is 6.78. The first-order valence-corrected chi connectivity index (χ1v) is 10.3. The second-order valence-corrected chi connectivity index (χ2v) is 7.74. The van der Waals surface area contributed by atoms with Gasteiger partial charge in [0.2, 0.25) is 5.91 Å². The highest BCUT2D eigenvalue weighted by Crippen LogP contribution is 2.20. The van der Waals surface area contributed by atoms with Crippen LogP contribution in [-0.4, -0.2) is 45.3 Å². The molecule has 0 aromatic heterocycles. The Labute approximate surface area is 186 Å². The van der Waals surface area contributed by atoms with E-state index in [2.05, 4.69) is 26.7 Å². The van der Waals surface area contributed by atoms with Crippen LogP contribution >= 0.6 is 28.1 Å². The van der Waals surface area contributed by atoms with Crippen LogP contribution in [0.4, 0.5) is 10.1 Å². The smallest absolute Gasteiger partial charge is 0.269 e. The largest absolute Gasteiger partial charge is 0.326 e. The summed E-state index contributed by atoms with van der Waals surface area (Å²) in [6.45, 7) is 2.05. The van der Waals surface area contributed by atoms with E-state index < -0.39 is 23.7 Å². The number of rotatable bonds is 6. The summed E-state index contributed by atoms with van der Waals surface area (Å²) in [7, 11) is 0. The van der Waals surface area contributed by atoms with Crippen LogP contribution in [0.25, 0.3) is 0 Å². The zero-order chi connectivity index (χ0) is 21.8. The van der Waals surface area contributed by atoms with Gasteiger partial charge in [0.15, 0.2) is 5.11 Å². The van der Waals surface area contributed by atoms with Crippen LogP contribution in [0.1, 0.15) is 23.7 Å². The van der Waals surface area contributed by atoms with Gasteiger partial charge in [0, 0.05) is 22.3 Å². The molecule has 2 aromatic carbocycles. The molecule has 3 rings (SSSR count). The maximum absolute atomic E-state index is 13.0. The number of likely N-dealkylation sites (N-methyl/N-ethyl adjacent to an activating group) is 1. The fourth-order valence-electron chi connectivity index (χ4n) is 2.94. The van der Waals surface area contributed by atoms with Crippen LogP contribution in [0, 0.1) is 5.82 Å². The second-order valence-electron chi connectivity index (χ2n) is 6.46. The van der Waals surface area contributed by atoms with Crippen molar-refractivity contribution in [3.63, 3.8) is 0 Å². The number of hydrogen-bond donors (Lipinski definition) is 2. The summed E-state index contributed by atoms with van der Waals surface area (Å²) >= 11 is 8.64. The first-order valence-electron chi connectivity index (χ1n) is 9.06. The molecule has 1 unspecified atom stereocenters. The first-order chi connectivity index (χ1) is 14.3. The second kappa shape index (κ2) is 9.31. The maximum atomic E-state index is 13.0. The molecule has 30 heavy (non-hydrogen) atoms. The van der Waals surface area contributed by atoms with Crippen molar-refractivity contribution in [2.45, 2.75) is 19.4 Å². The van der Waals surface area contributed by atoms with Crippen LogP contribution in [0.2, 0.25) is 0 Å². The number of anilines is 1. The molecule has 2 aromatic rings. The van der Waals surface area contributed by atoms with Crippen molar-refractivity contribution in [2.75, 3.05) is 11.9 Å². The van der Waals surface area contributed by atoms with E-state index in [1.54, 1.807) is 31.2 Å². The molecule has 1 saturated heterocycles. The summed E-state index contributed by atoms with van der Waals surface area (Å²) in [6, 6.07) is 11.0. The molecule has 1 heterocycles. The number of halogens is 2. The van der Waals surface area contributed by atoms with Gasteiger partial charge < -0.3 is 5.32 Å². The molecule has 1 atom stereocenters. The minimum Gasteiger partial charge on any atom is -0.326 e. The average Bonchev–Trinajstić information content (AvgIpc) is 2.93. The van der Waals surface area contributed by atoms with Gasteiger partial charge in [-0.3, -0.25) is 24.7 Å². The molecule has 0 spiro atoms. The molecular weight excluding hydrogens is 475 g/mol. The van der Waals surface area contributed by atoms with Gasteiger partial charge in [0.1, 0.15) is 11.9 Å². The zero-order valence-electron chi connectivity index (χ0n) is 15.9. The highest BCUT2D eigenvalue weighted by molar-refractivity contribution is 9.10. The topological polar surface area (TPSA) is 81.8 Å². The number of hydrogen-bond acceptors (Lipinski definition) is 4. The third-order valence-corrected chi connectivity index (χ3v) is 5.40. The normalized spacial score (nSPS) is 16.0. The number of amides is 3. The van der Waals surface area contributed by atoms with Crippen LogP contribution < -0.4 is 10.7 Å². The van der Waals surface area contributed by atoms with Crippen LogP contribution in [0.3, 0.4) is 0 Å². The fraction of sp³-hybridized carbons (Fsp3) is 0.200. The van der Waals surface area contributed by atoms with E-state index in [0.717, 1.165) is 4.47 Å². The molecule has 1 fully saturated rings. The summed E-state index contributed by atoms with van der Waals surface area (Å²) in [5.74, 6) is -1.74. The van der Waals surface area contributed by atoms with Crippen molar-refractivity contribution in [3.8, 4) is 0 Å². The Bertz CT molecular complexity index is 985. The SMILES string of the molecule is CCN1C(=O)C(CC(=O)Nc2ccc(F)cc2)N(NC(=O)c2ccc(Br)cc2)C1=S. The molecule has 3 amide bonds. The van der Waals surface area contributed by atoms with Gasteiger partial charge in [0.25, 0.3) is 11.8 Å². The van der Waals surface area contributed by atoms with Crippen LogP contribution in [0.5, 0.6) is 0 Å². The Morgan fingerprint density at radius 3 is 2.37 bits per heavy atom. The summed E-state index contributed by atoms with van der Waals surface area (Å²) in [5.41, 5.74) is 3.40. The van der Waals surface area contributed by atoms with Crippen molar-refractivity contribution < 1.29 is 18.8 Å². The summed E-state index contributed by atoms with van der Waals surface area (Å²) < 4.78 is 13.9. The van der Waals surface area contributed by atoms with E-state index in [4.69, 9.17) is 12.2 Å². The zero-order valence-corrected chi connectivity index (χ0v) is 18.3. The molecule has 0 saturated carbocycles. The highest BCUT2D eigenvalue weighted by Gasteiger charge is 2.43. The van der Waals surface area contributed by atoms with Gasteiger partial charge in [-0.1, -0.05) is 15.9 Å². The number of nitrogens with zero attached hydrogens (tertiary/aromatic N) is 2. The quantitative estimate of drug-likeness (QED) is 0.605. The van der Waals surface area contributed by atoms with Crippen molar-refractivity contribution in [2.24, 2.45) is 0 Å². The molecule has 0 aliphatic carbocycles. The minimum absolute atomic E-state index is 0.118. The first kappa shape index (κ1) is 21.8. The summed E-state index contributed by atoms with van der Waals surface area (Å²) in [6.07, 6.45) is -0.243. The van der Waals surface area contributed by atoms with Gasteiger partial charge in [-0.15, -0.1) is 0 Å². The Balaban J connectivity index is 1.75. The number of thiocarbonyl (C=S) groups is 1. The molecule has 7 nitrogen and oxygen atoms in total. The molecule has 0 radical (unpaired) electrons. The lowest BCUT2D eigenvalue weighted by Crippen LogP contribution is -2.49. The third-order valence-electron chi connectivity index (χ3n) is 4.45. The lowest BCUT2D eigenvalue weighted by Gasteiger charge is -2.24. The predicted octanol–water partition coefficient (Wildman–Crippen LogP) is 3.08. The Morgan fingerprint density at radius 2 is 1.77 bits per heavy atom.